The SMILES string of the molecule is O=S1(=O)CCC(O)(Cc2cc(Br)cs2)C1. The van der Waals surface area contributed by atoms with E-state index >= 15 is 0 Å². The average molecular weight is 311 g/mol. The van der Waals surface area contributed by atoms with Gasteiger partial charge in [0.25, 0.3) is 0 Å². The highest BCUT2D eigenvalue weighted by Crippen LogP contribution is 2.30. The minimum atomic E-state index is -3.02. The minimum absolute atomic E-state index is 0.102. The van der Waals surface area contributed by atoms with Crippen molar-refractivity contribution in [3.05, 3.63) is 20.8 Å². The largest absolute Gasteiger partial charge is 0.388 e. The Kier molecular flexibility index (Phi) is 2.96. The topological polar surface area (TPSA) is 54.4 Å². The summed E-state index contributed by atoms with van der Waals surface area (Å²) in [7, 11) is -3.02. The first-order chi connectivity index (χ1) is 6.89. The summed E-state index contributed by atoms with van der Waals surface area (Å²) in [5.41, 5.74) is -1.05. The number of rotatable bonds is 2. The van der Waals surface area contributed by atoms with Crippen molar-refractivity contribution in [3.8, 4) is 0 Å². The van der Waals surface area contributed by atoms with Crippen molar-refractivity contribution in [1.29, 1.82) is 0 Å². The Balaban J connectivity index is 2.13. The summed E-state index contributed by atoms with van der Waals surface area (Å²) in [5, 5.41) is 12.0. The van der Waals surface area contributed by atoms with Crippen molar-refractivity contribution in [2.24, 2.45) is 0 Å². The van der Waals surface area contributed by atoms with Crippen molar-refractivity contribution in [1.82, 2.24) is 0 Å². The number of halogens is 1. The number of sulfone groups is 1. The number of hydrogen-bond donors (Lipinski definition) is 1. The maximum Gasteiger partial charge on any atom is 0.153 e. The molecule has 0 saturated carbocycles. The highest BCUT2D eigenvalue weighted by atomic mass is 79.9. The van der Waals surface area contributed by atoms with Crippen LogP contribution < -0.4 is 0 Å². The van der Waals surface area contributed by atoms with E-state index in [0.717, 1.165) is 9.35 Å². The molecule has 2 heterocycles. The third-order valence-corrected chi connectivity index (χ3v) is 5.99. The number of aliphatic hydroxyl groups is 1. The molecular formula is C9H11BrO3S2. The quantitative estimate of drug-likeness (QED) is 0.903. The van der Waals surface area contributed by atoms with E-state index in [4.69, 9.17) is 0 Å². The smallest absolute Gasteiger partial charge is 0.153 e. The first-order valence-electron chi connectivity index (χ1n) is 4.54. The molecule has 0 radical (unpaired) electrons. The predicted molar refractivity (Wildman–Crippen MR) is 63.9 cm³/mol. The zero-order valence-electron chi connectivity index (χ0n) is 7.94. The van der Waals surface area contributed by atoms with E-state index in [1.165, 1.54) is 11.3 Å². The molecule has 1 N–H and O–H groups in total. The van der Waals surface area contributed by atoms with Gasteiger partial charge in [-0.3, -0.25) is 0 Å². The van der Waals surface area contributed by atoms with Crippen molar-refractivity contribution in [2.45, 2.75) is 18.4 Å². The van der Waals surface area contributed by atoms with Gasteiger partial charge in [-0.05, 0) is 28.4 Å². The highest BCUT2D eigenvalue weighted by Gasteiger charge is 2.40. The molecular weight excluding hydrogens is 300 g/mol. The second-order valence-electron chi connectivity index (χ2n) is 3.97. The molecule has 1 aliphatic heterocycles. The van der Waals surface area contributed by atoms with Crippen LogP contribution in [-0.2, 0) is 16.3 Å². The number of thiophene rings is 1. The minimum Gasteiger partial charge on any atom is -0.388 e. The molecule has 0 spiro atoms. The molecule has 0 aromatic carbocycles. The van der Waals surface area contributed by atoms with Crippen molar-refractivity contribution >= 4 is 37.1 Å². The summed E-state index contributed by atoms with van der Waals surface area (Å²) in [4.78, 5) is 1.02. The van der Waals surface area contributed by atoms with Crippen molar-refractivity contribution in [3.63, 3.8) is 0 Å². The van der Waals surface area contributed by atoms with Gasteiger partial charge in [-0.2, -0.15) is 0 Å². The molecule has 15 heavy (non-hydrogen) atoms. The van der Waals surface area contributed by atoms with Gasteiger partial charge in [-0.1, -0.05) is 0 Å². The van der Waals surface area contributed by atoms with Gasteiger partial charge in [0.2, 0.25) is 0 Å². The standard InChI is InChI=1S/C9H11BrO3S2/c10-7-3-8(14-5-7)4-9(11)1-2-15(12,13)6-9/h3,5,11H,1-2,4,6H2. The van der Waals surface area contributed by atoms with Crippen LogP contribution in [0.1, 0.15) is 11.3 Å². The van der Waals surface area contributed by atoms with Crippen LogP contribution in [-0.4, -0.2) is 30.6 Å². The van der Waals surface area contributed by atoms with Gasteiger partial charge in [0.1, 0.15) is 0 Å². The Morgan fingerprint density at radius 1 is 1.60 bits per heavy atom. The molecule has 84 valence electrons. The molecule has 1 aromatic rings. The van der Waals surface area contributed by atoms with Gasteiger partial charge in [0.15, 0.2) is 9.84 Å². The molecule has 6 heteroatoms. The van der Waals surface area contributed by atoms with E-state index in [1.807, 2.05) is 11.4 Å². The lowest BCUT2D eigenvalue weighted by Gasteiger charge is -2.19. The lowest BCUT2D eigenvalue weighted by Crippen LogP contribution is -2.32. The fourth-order valence-corrected chi connectivity index (χ4v) is 5.30. The Morgan fingerprint density at radius 3 is 2.80 bits per heavy atom. The summed E-state index contributed by atoms with van der Waals surface area (Å²) in [6, 6.07) is 1.92. The fourth-order valence-electron chi connectivity index (χ4n) is 1.81. The highest BCUT2D eigenvalue weighted by molar-refractivity contribution is 9.10. The summed E-state index contributed by atoms with van der Waals surface area (Å²) >= 11 is 4.87. The summed E-state index contributed by atoms with van der Waals surface area (Å²) in [6.45, 7) is 0. The molecule has 0 amide bonds. The molecule has 1 saturated heterocycles. The third kappa shape index (κ3) is 2.81. The van der Waals surface area contributed by atoms with Crippen molar-refractivity contribution < 1.29 is 13.5 Å². The predicted octanol–water partition coefficient (Wildman–Crippen LogP) is 1.60. The van der Waals surface area contributed by atoms with Gasteiger partial charge in [-0.15, -0.1) is 11.3 Å². The summed E-state index contributed by atoms with van der Waals surface area (Å²) in [5.74, 6) is 0.00552. The van der Waals surface area contributed by atoms with Gasteiger partial charge in [-0.25, -0.2) is 8.42 Å². The summed E-state index contributed by atoms with van der Waals surface area (Å²) in [6.07, 6.45) is 0.785. The molecule has 3 nitrogen and oxygen atoms in total. The van der Waals surface area contributed by atoms with Crippen LogP contribution in [0.15, 0.2) is 15.9 Å². The van der Waals surface area contributed by atoms with Crippen LogP contribution in [0.2, 0.25) is 0 Å². The molecule has 2 rings (SSSR count). The molecule has 1 atom stereocenters. The first-order valence-corrected chi connectivity index (χ1v) is 8.04. The molecule has 0 aliphatic carbocycles. The number of hydrogen-bond acceptors (Lipinski definition) is 4. The molecule has 1 aromatic heterocycles. The average Bonchev–Trinajstić information content (AvgIpc) is 2.57. The Bertz CT molecular complexity index is 465. The van der Waals surface area contributed by atoms with E-state index in [0.29, 0.717) is 12.8 Å². The second-order valence-corrected chi connectivity index (χ2v) is 8.07. The monoisotopic (exact) mass is 310 g/mol. The van der Waals surface area contributed by atoms with E-state index in [-0.39, 0.29) is 11.5 Å². The van der Waals surface area contributed by atoms with Gasteiger partial charge < -0.3 is 5.11 Å². The first kappa shape index (κ1) is 11.6. The third-order valence-electron chi connectivity index (χ3n) is 2.49. The van der Waals surface area contributed by atoms with E-state index in [2.05, 4.69) is 15.9 Å². The van der Waals surface area contributed by atoms with Crippen LogP contribution in [0, 0.1) is 0 Å². The Hall–Kier alpha value is 0.0900. The van der Waals surface area contributed by atoms with Crippen molar-refractivity contribution in [2.75, 3.05) is 11.5 Å². The van der Waals surface area contributed by atoms with Gasteiger partial charge in [0.05, 0.1) is 17.1 Å². The van der Waals surface area contributed by atoms with Crippen LogP contribution in [0.25, 0.3) is 0 Å². The Morgan fingerprint density at radius 2 is 2.33 bits per heavy atom. The second kappa shape index (κ2) is 3.84. The molecule has 1 unspecified atom stereocenters. The maximum atomic E-state index is 11.3. The normalized spacial score (nSPS) is 29.5. The van der Waals surface area contributed by atoms with Gasteiger partial charge >= 0.3 is 0 Å². The molecule has 1 aliphatic rings. The van der Waals surface area contributed by atoms with E-state index in [9.17, 15) is 13.5 Å². The van der Waals surface area contributed by atoms with Crippen LogP contribution in [0.4, 0.5) is 0 Å². The zero-order chi connectivity index (χ0) is 11.1. The van der Waals surface area contributed by atoms with Crippen LogP contribution in [0.3, 0.4) is 0 Å². The van der Waals surface area contributed by atoms with E-state index in [1.54, 1.807) is 0 Å². The molecule has 1 fully saturated rings. The molecule has 0 bridgehead atoms. The Labute approximate surface area is 101 Å². The lowest BCUT2D eigenvalue weighted by atomic mass is 9.98. The van der Waals surface area contributed by atoms with E-state index < -0.39 is 15.4 Å². The lowest BCUT2D eigenvalue weighted by molar-refractivity contribution is 0.0690. The van der Waals surface area contributed by atoms with Gasteiger partial charge in [0, 0.05) is 21.2 Å². The van der Waals surface area contributed by atoms with Crippen LogP contribution in [0.5, 0.6) is 0 Å². The maximum absolute atomic E-state index is 11.3. The fraction of sp³-hybridized carbons (Fsp3) is 0.556. The zero-order valence-corrected chi connectivity index (χ0v) is 11.2. The van der Waals surface area contributed by atoms with Crippen LogP contribution >= 0.6 is 27.3 Å². The summed E-state index contributed by atoms with van der Waals surface area (Å²) < 4.78 is 23.5.